The maximum atomic E-state index is 9.77. The molecule has 0 spiro atoms. The van der Waals surface area contributed by atoms with Gasteiger partial charge >= 0.3 is 11.9 Å². The van der Waals surface area contributed by atoms with Gasteiger partial charge in [0, 0.05) is 5.54 Å². The second-order valence-corrected chi connectivity index (χ2v) is 4.12. The number of rotatable bonds is 3. The molecule has 17 heavy (non-hydrogen) atoms. The fourth-order valence-corrected chi connectivity index (χ4v) is 0.874. The number of aliphatic hydroxyl groups is 2. The van der Waals surface area contributed by atoms with E-state index in [9.17, 15) is 9.59 Å². The largest absolute Gasteiger partial charge is 0.479 e. The first kappa shape index (κ1) is 15.8. The molecule has 0 aliphatic carbocycles. The minimum atomic E-state index is -2.27. The van der Waals surface area contributed by atoms with Crippen molar-refractivity contribution in [3.63, 3.8) is 0 Å². The van der Waals surface area contributed by atoms with Gasteiger partial charge in [0.05, 0.1) is 13.3 Å². The lowest BCUT2D eigenvalue weighted by atomic mass is 10.1. The smallest absolute Gasteiger partial charge is 0.335 e. The van der Waals surface area contributed by atoms with Crippen LogP contribution in [0.5, 0.6) is 0 Å². The molecule has 100 valence electrons. The summed E-state index contributed by atoms with van der Waals surface area (Å²) in [7, 11) is 0. The van der Waals surface area contributed by atoms with Crippen LogP contribution >= 0.6 is 0 Å². The fourth-order valence-electron chi connectivity index (χ4n) is 0.874. The molecule has 0 bridgehead atoms. The molecule has 0 aromatic rings. The van der Waals surface area contributed by atoms with Gasteiger partial charge in [-0.1, -0.05) is 0 Å². The number of carboxylic acid groups (broad SMARTS) is 2. The van der Waals surface area contributed by atoms with Crippen molar-refractivity contribution in [3.8, 4) is 0 Å². The predicted octanol–water partition coefficient (Wildman–Crippen LogP) is -1.78. The Labute approximate surface area is 97.8 Å². The molecule has 0 aromatic heterocycles. The number of carbonyl (C=O) groups is 2. The van der Waals surface area contributed by atoms with Crippen LogP contribution < -0.4 is 5.32 Å². The molecule has 2 atom stereocenters. The van der Waals surface area contributed by atoms with Crippen LogP contribution in [0.15, 0.2) is 0 Å². The lowest BCUT2D eigenvalue weighted by molar-refractivity contribution is -0.165. The zero-order chi connectivity index (χ0) is 13.6. The van der Waals surface area contributed by atoms with Crippen molar-refractivity contribution in [1.82, 2.24) is 5.32 Å². The summed E-state index contributed by atoms with van der Waals surface area (Å²) in [5.41, 5.74) is 0.222. The maximum absolute atomic E-state index is 9.77. The van der Waals surface area contributed by atoms with E-state index in [1.807, 2.05) is 0 Å². The fraction of sp³-hybridized carbons (Fsp3) is 0.778. The van der Waals surface area contributed by atoms with Crippen molar-refractivity contribution < 1.29 is 34.8 Å². The highest BCUT2D eigenvalue weighted by Crippen LogP contribution is 2.06. The number of aliphatic hydroxyl groups excluding tert-OH is 2. The summed E-state index contributed by atoms with van der Waals surface area (Å²) in [6.07, 6.45) is -4.53. The molecule has 1 aliphatic heterocycles. The van der Waals surface area contributed by atoms with Crippen LogP contribution in [0, 0.1) is 0 Å². The summed E-state index contributed by atoms with van der Waals surface area (Å²) in [6, 6.07) is 0. The van der Waals surface area contributed by atoms with Gasteiger partial charge in [-0.25, -0.2) is 9.59 Å². The molecular weight excluding hydrogens is 234 g/mol. The van der Waals surface area contributed by atoms with Crippen LogP contribution in [0.25, 0.3) is 0 Å². The van der Waals surface area contributed by atoms with E-state index >= 15 is 0 Å². The van der Waals surface area contributed by atoms with Gasteiger partial charge in [-0.2, -0.15) is 0 Å². The van der Waals surface area contributed by atoms with Crippen molar-refractivity contribution in [2.75, 3.05) is 13.3 Å². The van der Waals surface area contributed by atoms with Crippen LogP contribution in [0.4, 0.5) is 0 Å². The van der Waals surface area contributed by atoms with E-state index in [4.69, 9.17) is 25.2 Å². The third-order valence-corrected chi connectivity index (χ3v) is 1.92. The Balaban J connectivity index is 0.000000318. The van der Waals surface area contributed by atoms with E-state index in [0.717, 1.165) is 6.61 Å². The maximum Gasteiger partial charge on any atom is 0.335 e. The number of aliphatic carboxylic acids is 2. The Morgan fingerprint density at radius 3 is 1.71 bits per heavy atom. The first-order valence-electron chi connectivity index (χ1n) is 4.82. The van der Waals surface area contributed by atoms with Crippen molar-refractivity contribution in [1.29, 1.82) is 0 Å². The van der Waals surface area contributed by atoms with Gasteiger partial charge in [-0.05, 0) is 13.8 Å². The van der Waals surface area contributed by atoms with Crippen molar-refractivity contribution in [3.05, 3.63) is 0 Å². The molecule has 1 heterocycles. The highest BCUT2D eigenvalue weighted by Gasteiger charge is 2.29. The molecule has 2 unspecified atom stereocenters. The summed E-state index contributed by atoms with van der Waals surface area (Å²) < 4.78 is 5.05. The Kier molecular flexibility index (Phi) is 6.03. The SMILES string of the molecule is CC1(C)COCN1.O=C(O)C(O)C(O)C(=O)O. The molecule has 0 amide bonds. The monoisotopic (exact) mass is 251 g/mol. The molecule has 0 aromatic carbocycles. The van der Waals surface area contributed by atoms with E-state index in [1.165, 1.54) is 0 Å². The van der Waals surface area contributed by atoms with Crippen LogP contribution in [-0.2, 0) is 14.3 Å². The second-order valence-electron chi connectivity index (χ2n) is 4.12. The minimum absolute atomic E-state index is 0.222. The van der Waals surface area contributed by atoms with E-state index in [1.54, 1.807) is 0 Å². The van der Waals surface area contributed by atoms with Crippen LogP contribution in [0.2, 0.25) is 0 Å². The molecule has 0 radical (unpaired) electrons. The Hall–Kier alpha value is -1.22. The molecule has 8 nitrogen and oxygen atoms in total. The van der Waals surface area contributed by atoms with Crippen LogP contribution in [0.3, 0.4) is 0 Å². The number of hydrogen-bond acceptors (Lipinski definition) is 6. The van der Waals surface area contributed by atoms with Crippen molar-refractivity contribution in [2.24, 2.45) is 0 Å². The van der Waals surface area contributed by atoms with Crippen molar-refractivity contribution >= 4 is 11.9 Å². The number of nitrogens with one attached hydrogen (secondary N) is 1. The first-order chi connectivity index (χ1) is 7.67. The molecule has 1 saturated heterocycles. The number of ether oxygens (including phenoxy) is 1. The van der Waals surface area contributed by atoms with Crippen LogP contribution in [-0.4, -0.2) is 63.4 Å². The lowest BCUT2D eigenvalue weighted by Crippen LogP contribution is -2.39. The molecule has 1 aliphatic rings. The average molecular weight is 251 g/mol. The van der Waals surface area contributed by atoms with Crippen LogP contribution in [0.1, 0.15) is 13.8 Å². The van der Waals surface area contributed by atoms with Gasteiger partial charge in [0.1, 0.15) is 0 Å². The molecule has 5 N–H and O–H groups in total. The third-order valence-electron chi connectivity index (χ3n) is 1.92. The van der Waals surface area contributed by atoms with E-state index in [-0.39, 0.29) is 5.54 Å². The lowest BCUT2D eigenvalue weighted by Gasteiger charge is -2.12. The molecule has 0 saturated carbocycles. The van der Waals surface area contributed by atoms with Gasteiger partial charge in [0.15, 0.2) is 12.2 Å². The highest BCUT2D eigenvalue weighted by atomic mass is 16.5. The average Bonchev–Trinajstić information content (AvgIpc) is 2.61. The standard InChI is InChI=1S/C5H11NO.C4H6O6/c1-5(2)3-7-4-6-5;5-1(3(7)8)2(6)4(9)10/h6H,3-4H2,1-2H3;1-2,5-6H,(H,7,8)(H,9,10). The first-order valence-corrected chi connectivity index (χ1v) is 4.82. The molecule has 1 fully saturated rings. The Morgan fingerprint density at radius 2 is 1.59 bits per heavy atom. The summed E-state index contributed by atoms with van der Waals surface area (Å²) in [4.78, 5) is 19.5. The summed E-state index contributed by atoms with van der Waals surface area (Å²) in [5, 5.41) is 35.7. The summed E-state index contributed by atoms with van der Waals surface area (Å²) >= 11 is 0. The highest BCUT2D eigenvalue weighted by molar-refractivity contribution is 5.83. The Bertz CT molecular complexity index is 253. The zero-order valence-corrected chi connectivity index (χ0v) is 9.58. The molecular formula is C9H17NO7. The molecule has 8 heteroatoms. The third kappa shape index (κ3) is 6.17. The predicted molar refractivity (Wildman–Crippen MR) is 55.3 cm³/mol. The second kappa shape index (κ2) is 6.50. The van der Waals surface area contributed by atoms with Gasteiger partial charge in [0.2, 0.25) is 0 Å². The van der Waals surface area contributed by atoms with E-state index < -0.39 is 24.1 Å². The summed E-state index contributed by atoms with van der Waals surface area (Å²) in [6.45, 7) is 5.81. The topological polar surface area (TPSA) is 136 Å². The van der Waals surface area contributed by atoms with Gasteiger partial charge in [-0.3, -0.25) is 5.32 Å². The van der Waals surface area contributed by atoms with E-state index in [2.05, 4.69) is 19.2 Å². The normalized spacial score (nSPS) is 20.9. The molecule has 1 rings (SSSR count). The van der Waals surface area contributed by atoms with Gasteiger partial charge < -0.3 is 25.2 Å². The van der Waals surface area contributed by atoms with E-state index in [0.29, 0.717) is 6.73 Å². The summed E-state index contributed by atoms with van der Waals surface area (Å²) in [5.74, 6) is -3.54. The number of hydrogen-bond donors (Lipinski definition) is 5. The zero-order valence-electron chi connectivity index (χ0n) is 9.58. The van der Waals surface area contributed by atoms with Gasteiger partial charge in [0.25, 0.3) is 0 Å². The van der Waals surface area contributed by atoms with Gasteiger partial charge in [-0.15, -0.1) is 0 Å². The Morgan fingerprint density at radius 1 is 1.18 bits per heavy atom. The quantitative estimate of drug-likeness (QED) is 0.397. The minimum Gasteiger partial charge on any atom is -0.479 e. The van der Waals surface area contributed by atoms with Crippen molar-refractivity contribution in [2.45, 2.75) is 31.6 Å². The number of carboxylic acids is 2.